The number of carbonyl (C=O) groups is 1. The average molecular weight is 344 g/mol. The summed E-state index contributed by atoms with van der Waals surface area (Å²) in [5.41, 5.74) is 1.74. The van der Waals surface area contributed by atoms with Gasteiger partial charge in [-0.1, -0.05) is 24.3 Å². The van der Waals surface area contributed by atoms with Crippen LogP contribution in [-0.4, -0.2) is 38.8 Å². The van der Waals surface area contributed by atoms with Crippen LogP contribution < -0.4 is 15.0 Å². The lowest BCUT2D eigenvalue weighted by Crippen LogP contribution is -2.36. The number of nitrogens with one attached hydrogen (secondary N) is 1. The number of morpholine rings is 1. The number of ether oxygens (including phenoxy) is 2. The fourth-order valence-electron chi connectivity index (χ4n) is 2.69. The molecule has 2 aromatic rings. The molecule has 0 aliphatic carbocycles. The second kappa shape index (κ2) is 8.48. The molecule has 0 bridgehead atoms. The molecule has 1 N–H and O–H groups in total. The molecular weight excluding hydrogens is 323 g/mol. The van der Waals surface area contributed by atoms with Crippen LogP contribution in [0.15, 0.2) is 48.5 Å². The van der Waals surface area contributed by atoms with E-state index in [0.29, 0.717) is 13.2 Å². The van der Waals surface area contributed by atoms with Crippen molar-refractivity contribution in [2.24, 2.45) is 0 Å². The van der Waals surface area contributed by atoms with Crippen LogP contribution in [-0.2, 0) is 9.53 Å². The Bertz CT molecular complexity index is 717. The summed E-state index contributed by atoms with van der Waals surface area (Å²) in [5, 5.41) is 2.91. The highest BCUT2D eigenvalue weighted by Crippen LogP contribution is 2.26. The standard InChI is InChI=1S/C19H21FN2O3/c20-15-5-1-4-8-18(15)25-12-9-19(23)21-16-6-2-3-7-17(16)22-10-13-24-14-11-22/h1-8H,9-14H2,(H,21,23). The van der Waals surface area contributed by atoms with Crippen LogP contribution in [0.4, 0.5) is 15.8 Å². The number of nitrogens with zero attached hydrogens (tertiary/aromatic N) is 1. The highest BCUT2D eigenvalue weighted by Gasteiger charge is 2.15. The predicted molar refractivity (Wildman–Crippen MR) is 94.6 cm³/mol. The minimum Gasteiger partial charge on any atom is -0.490 e. The molecular formula is C19H21FN2O3. The first kappa shape index (κ1) is 17.2. The van der Waals surface area contributed by atoms with Gasteiger partial charge in [0.1, 0.15) is 0 Å². The highest BCUT2D eigenvalue weighted by molar-refractivity contribution is 5.94. The van der Waals surface area contributed by atoms with Gasteiger partial charge in [-0.25, -0.2) is 4.39 Å². The van der Waals surface area contributed by atoms with Crippen molar-refractivity contribution in [3.05, 3.63) is 54.3 Å². The Labute approximate surface area is 146 Å². The molecule has 5 nitrogen and oxygen atoms in total. The Morgan fingerprint density at radius 1 is 1.12 bits per heavy atom. The number of hydrogen-bond acceptors (Lipinski definition) is 4. The van der Waals surface area contributed by atoms with Crippen LogP contribution in [0, 0.1) is 5.82 Å². The maximum absolute atomic E-state index is 13.5. The third kappa shape index (κ3) is 4.70. The summed E-state index contributed by atoms with van der Waals surface area (Å²) >= 11 is 0. The fraction of sp³-hybridized carbons (Fsp3) is 0.316. The van der Waals surface area contributed by atoms with Gasteiger partial charge in [0.05, 0.1) is 37.6 Å². The first-order valence-electron chi connectivity index (χ1n) is 8.33. The minimum atomic E-state index is -0.430. The van der Waals surface area contributed by atoms with E-state index in [1.54, 1.807) is 18.2 Å². The predicted octanol–water partition coefficient (Wildman–Crippen LogP) is 3.07. The normalized spacial score (nSPS) is 14.2. The molecule has 0 atom stereocenters. The summed E-state index contributed by atoms with van der Waals surface area (Å²) in [6, 6.07) is 13.8. The van der Waals surface area contributed by atoms with Crippen molar-refractivity contribution < 1.29 is 18.7 Å². The van der Waals surface area contributed by atoms with Crippen LogP contribution in [0.2, 0.25) is 0 Å². The van der Waals surface area contributed by atoms with E-state index in [2.05, 4.69) is 10.2 Å². The van der Waals surface area contributed by atoms with E-state index in [4.69, 9.17) is 9.47 Å². The molecule has 0 unspecified atom stereocenters. The third-order valence-electron chi connectivity index (χ3n) is 3.95. The number of para-hydroxylation sites is 3. The van der Waals surface area contributed by atoms with Gasteiger partial charge < -0.3 is 19.7 Å². The van der Waals surface area contributed by atoms with Gasteiger partial charge in [0, 0.05) is 13.1 Å². The molecule has 132 valence electrons. The summed E-state index contributed by atoms with van der Waals surface area (Å²) in [4.78, 5) is 14.4. The number of amides is 1. The molecule has 0 radical (unpaired) electrons. The molecule has 1 heterocycles. The van der Waals surface area contributed by atoms with Gasteiger partial charge in [-0.15, -0.1) is 0 Å². The Hall–Kier alpha value is -2.60. The molecule has 3 rings (SSSR count). The highest BCUT2D eigenvalue weighted by atomic mass is 19.1. The monoisotopic (exact) mass is 344 g/mol. The van der Waals surface area contributed by atoms with Crippen molar-refractivity contribution in [1.29, 1.82) is 0 Å². The number of halogens is 1. The van der Waals surface area contributed by atoms with Gasteiger partial charge in [-0.3, -0.25) is 4.79 Å². The molecule has 0 aromatic heterocycles. The van der Waals surface area contributed by atoms with Crippen LogP contribution in [0.1, 0.15) is 6.42 Å². The van der Waals surface area contributed by atoms with Crippen molar-refractivity contribution >= 4 is 17.3 Å². The smallest absolute Gasteiger partial charge is 0.227 e. The van der Waals surface area contributed by atoms with Crippen molar-refractivity contribution in [2.75, 3.05) is 43.1 Å². The maximum Gasteiger partial charge on any atom is 0.227 e. The maximum atomic E-state index is 13.5. The fourth-order valence-corrected chi connectivity index (χ4v) is 2.69. The molecule has 1 aliphatic heterocycles. The van der Waals surface area contributed by atoms with Gasteiger partial charge in [0.2, 0.25) is 5.91 Å². The minimum absolute atomic E-state index is 0.118. The van der Waals surface area contributed by atoms with E-state index in [1.807, 2.05) is 24.3 Å². The quantitative estimate of drug-likeness (QED) is 0.875. The first-order chi connectivity index (χ1) is 12.2. The lowest BCUT2D eigenvalue weighted by Gasteiger charge is -2.30. The molecule has 1 fully saturated rings. The molecule has 1 amide bonds. The summed E-state index contributed by atoms with van der Waals surface area (Å²) in [7, 11) is 0. The number of benzene rings is 2. The van der Waals surface area contributed by atoms with Crippen LogP contribution in [0.25, 0.3) is 0 Å². The summed E-state index contributed by atoms with van der Waals surface area (Å²) < 4.78 is 24.2. The van der Waals surface area contributed by atoms with E-state index in [0.717, 1.165) is 24.5 Å². The zero-order chi connectivity index (χ0) is 17.5. The van der Waals surface area contributed by atoms with Gasteiger partial charge >= 0.3 is 0 Å². The number of anilines is 2. The van der Waals surface area contributed by atoms with Gasteiger partial charge in [0.25, 0.3) is 0 Å². The molecule has 6 heteroatoms. The average Bonchev–Trinajstić information content (AvgIpc) is 2.64. The van der Waals surface area contributed by atoms with Gasteiger partial charge in [-0.05, 0) is 24.3 Å². The van der Waals surface area contributed by atoms with E-state index in [-0.39, 0.29) is 24.7 Å². The van der Waals surface area contributed by atoms with Gasteiger partial charge in [0.15, 0.2) is 11.6 Å². The lowest BCUT2D eigenvalue weighted by molar-refractivity contribution is -0.116. The Morgan fingerprint density at radius 2 is 1.84 bits per heavy atom. The van der Waals surface area contributed by atoms with Crippen LogP contribution >= 0.6 is 0 Å². The lowest BCUT2D eigenvalue weighted by atomic mass is 10.2. The topological polar surface area (TPSA) is 50.8 Å². The number of rotatable bonds is 6. The molecule has 1 saturated heterocycles. The second-order valence-corrected chi connectivity index (χ2v) is 5.69. The molecule has 0 saturated carbocycles. The van der Waals surface area contributed by atoms with E-state index in [9.17, 15) is 9.18 Å². The zero-order valence-corrected chi connectivity index (χ0v) is 13.9. The van der Waals surface area contributed by atoms with Crippen molar-refractivity contribution in [3.8, 4) is 5.75 Å². The van der Waals surface area contributed by atoms with Crippen LogP contribution in [0.5, 0.6) is 5.75 Å². The molecule has 25 heavy (non-hydrogen) atoms. The zero-order valence-electron chi connectivity index (χ0n) is 13.9. The Balaban J connectivity index is 1.55. The van der Waals surface area contributed by atoms with Crippen LogP contribution in [0.3, 0.4) is 0 Å². The summed E-state index contributed by atoms with van der Waals surface area (Å²) in [6.07, 6.45) is 0.145. The van der Waals surface area contributed by atoms with E-state index < -0.39 is 5.82 Å². The first-order valence-corrected chi connectivity index (χ1v) is 8.33. The number of carbonyl (C=O) groups excluding carboxylic acids is 1. The molecule has 0 spiro atoms. The second-order valence-electron chi connectivity index (χ2n) is 5.69. The van der Waals surface area contributed by atoms with Crippen molar-refractivity contribution in [3.63, 3.8) is 0 Å². The van der Waals surface area contributed by atoms with Crippen molar-refractivity contribution in [2.45, 2.75) is 6.42 Å². The SMILES string of the molecule is O=C(CCOc1ccccc1F)Nc1ccccc1N1CCOCC1. The van der Waals surface area contributed by atoms with E-state index >= 15 is 0 Å². The Kier molecular flexibility index (Phi) is 5.85. The third-order valence-corrected chi connectivity index (χ3v) is 3.95. The number of hydrogen-bond donors (Lipinski definition) is 1. The summed E-state index contributed by atoms with van der Waals surface area (Å²) in [5.74, 6) is -0.443. The molecule has 2 aromatic carbocycles. The van der Waals surface area contributed by atoms with Gasteiger partial charge in [-0.2, -0.15) is 0 Å². The largest absolute Gasteiger partial charge is 0.490 e. The summed E-state index contributed by atoms with van der Waals surface area (Å²) in [6.45, 7) is 3.07. The van der Waals surface area contributed by atoms with Crippen molar-refractivity contribution in [1.82, 2.24) is 0 Å². The van der Waals surface area contributed by atoms with E-state index in [1.165, 1.54) is 6.07 Å². The molecule has 1 aliphatic rings. The Morgan fingerprint density at radius 3 is 2.64 bits per heavy atom.